The normalized spacial score (nSPS) is 10.5. The number of pyridine rings is 1. The number of nitrogens with two attached hydrogens (primary N) is 1. The van der Waals surface area contributed by atoms with Gasteiger partial charge in [-0.3, -0.25) is 4.57 Å². The molecule has 0 spiro atoms. The molecule has 0 amide bonds. The van der Waals surface area contributed by atoms with Crippen LogP contribution >= 0.6 is 0 Å². The van der Waals surface area contributed by atoms with E-state index >= 15 is 0 Å². The standard InChI is InChI=1S/C17H15FN4O/c1-3-22-16(12-6-9-14(19)20-10-12)15(21-17(22)23-2)11-4-7-13(18)8-5-11/h3-10H,1H2,2H3,(H2,19,20). The van der Waals surface area contributed by atoms with Gasteiger partial charge in [-0.05, 0) is 36.4 Å². The summed E-state index contributed by atoms with van der Waals surface area (Å²) >= 11 is 0. The number of anilines is 1. The van der Waals surface area contributed by atoms with Crippen molar-refractivity contribution in [2.75, 3.05) is 12.8 Å². The van der Waals surface area contributed by atoms with E-state index in [4.69, 9.17) is 10.5 Å². The van der Waals surface area contributed by atoms with Gasteiger partial charge >= 0.3 is 6.01 Å². The molecule has 0 aliphatic carbocycles. The molecule has 3 aromatic rings. The number of hydrogen-bond acceptors (Lipinski definition) is 4. The minimum Gasteiger partial charge on any atom is -0.468 e. The molecule has 2 N–H and O–H groups in total. The van der Waals surface area contributed by atoms with E-state index in [1.165, 1.54) is 19.2 Å². The van der Waals surface area contributed by atoms with E-state index in [2.05, 4.69) is 16.5 Å². The Morgan fingerprint density at radius 3 is 2.43 bits per heavy atom. The van der Waals surface area contributed by atoms with E-state index in [-0.39, 0.29) is 5.82 Å². The Hall–Kier alpha value is -3.15. The Morgan fingerprint density at radius 2 is 1.87 bits per heavy atom. The Balaban J connectivity index is 2.26. The molecular formula is C17H15FN4O. The van der Waals surface area contributed by atoms with Crippen LogP contribution in [0.1, 0.15) is 0 Å². The summed E-state index contributed by atoms with van der Waals surface area (Å²) in [5.74, 6) is 0.119. The molecule has 0 unspecified atom stereocenters. The summed E-state index contributed by atoms with van der Waals surface area (Å²) in [5.41, 5.74) is 8.61. The largest absolute Gasteiger partial charge is 0.468 e. The number of imidazole rings is 1. The Kier molecular flexibility index (Phi) is 3.80. The van der Waals surface area contributed by atoms with Crippen LogP contribution in [0.25, 0.3) is 28.7 Å². The van der Waals surface area contributed by atoms with Crippen LogP contribution in [-0.4, -0.2) is 21.6 Å². The number of nitrogens with zero attached hydrogens (tertiary/aromatic N) is 3. The van der Waals surface area contributed by atoms with Crippen LogP contribution in [-0.2, 0) is 0 Å². The first-order valence-electron chi connectivity index (χ1n) is 6.90. The molecule has 0 atom stereocenters. The molecule has 5 nitrogen and oxygen atoms in total. The number of halogens is 1. The minimum atomic E-state index is -0.306. The first-order chi connectivity index (χ1) is 11.1. The van der Waals surface area contributed by atoms with E-state index < -0.39 is 0 Å². The molecule has 0 saturated heterocycles. The lowest BCUT2D eigenvalue weighted by molar-refractivity contribution is 0.377. The molecule has 0 bridgehead atoms. The van der Waals surface area contributed by atoms with Crippen LogP contribution in [0.2, 0.25) is 0 Å². The number of ether oxygens (including phenoxy) is 1. The molecule has 116 valence electrons. The Bertz CT molecular complexity index is 838. The molecule has 0 aliphatic rings. The highest BCUT2D eigenvalue weighted by Crippen LogP contribution is 2.35. The lowest BCUT2D eigenvalue weighted by atomic mass is 10.1. The van der Waals surface area contributed by atoms with Crippen molar-refractivity contribution < 1.29 is 9.13 Å². The zero-order chi connectivity index (χ0) is 16.4. The number of aromatic nitrogens is 3. The second-order valence-corrected chi connectivity index (χ2v) is 4.83. The second-order valence-electron chi connectivity index (χ2n) is 4.83. The Labute approximate surface area is 132 Å². The summed E-state index contributed by atoms with van der Waals surface area (Å²) in [5, 5.41) is 0. The molecule has 0 radical (unpaired) electrons. The van der Waals surface area contributed by atoms with Gasteiger partial charge in [0.25, 0.3) is 0 Å². The zero-order valence-corrected chi connectivity index (χ0v) is 12.5. The summed E-state index contributed by atoms with van der Waals surface area (Å²) in [6, 6.07) is 10.0. The van der Waals surface area contributed by atoms with Crippen molar-refractivity contribution in [3.63, 3.8) is 0 Å². The first kappa shape index (κ1) is 14.8. The zero-order valence-electron chi connectivity index (χ0n) is 12.5. The van der Waals surface area contributed by atoms with Gasteiger partial charge in [-0.15, -0.1) is 0 Å². The summed E-state index contributed by atoms with van der Waals surface area (Å²) in [7, 11) is 1.53. The summed E-state index contributed by atoms with van der Waals surface area (Å²) < 4.78 is 20.2. The molecule has 0 fully saturated rings. The molecule has 0 aliphatic heterocycles. The third-order valence-electron chi connectivity index (χ3n) is 3.42. The summed E-state index contributed by atoms with van der Waals surface area (Å²) in [4.78, 5) is 8.60. The maximum Gasteiger partial charge on any atom is 0.301 e. The van der Waals surface area contributed by atoms with Crippen molar-refractivity contribution in [1.82, 2.24) is 14.5 Å². The van der Waals surface area contributed by atoms with Gasteiger partial charge in [0.15, 0.2) is 0 Å². The van der Waals surface area contributed by atoms with Crippen molar-refractivity contribution in [1.29, 1.82) is 0 Å². The first-order valence-corrected chi connectivity index (χ1v) is 6.90. The predicted octanol–water partition coefficient (Wildman–Crippen LogP) is 3.44. The van der Waals surface area contributed by atoms with E-state index in [1.54, 1.807) is 35.2 Å². The van der Waals surface area contributed by atoms with E-state index in [0.29, 0.717) is 17.5 Å². The van der Waals surface area contributed by atoms with Gasteiger partial charge in [-0.1, -0.05) is 6.58 Å². The quantitative estimate of drug-likeness (QED) is 0.801. The highest BCUT2D eigenvalue weighted by Gasteiger charge is 2.19. The molecule has 6 heteroatoms. The van der Waals surface area contributed by atoms with Gasteiger partial charge < -0.3 is 10.5 Å². The SMILES string of the molecule is C=Cn1c(OC)nc(-c2ccc(F)cc2)c1-c1ccc(N)nc1. The lowest BCUT2D eigenvalue weighted by Crippen LogP contribution is -1.96. The van der Waals surface area contributed by atoms with Crippen molar-refractivity contribution in [2.45, 2.75) is 0 Å². The van der Waals surface area contributed by atoms with Crippen molar-refractivity contribution in [3.05, 3.63) is 55.0 Å². The van der Waals surface area contributed by atoms with Crippen LogP contribution in [0.5, 0.6) is 6.01 Å². The molecule has 3 rings (SSSR count). The summed E-state index contributed by atoms with van der Waals surface area (Å²) in [6.07, 6.45) is 3.25. The average Bonchev–Trinajstić information content (AvgIpc) is 2.95. The van der Waals surface area contributed by atoms with Crippen LogP contribution in [0, 0.1) is 5.82 Å². The number of rotatable bonds is 4. The molecule has 1 aromatic carbocycles. The van der Waals surface area contributed by atoms with Gasteiger partial charge in [0.2, 0.25) is 0 Å². The molecular weight excluding hydrogens is 295 g/mol. The number of hydrogen-bond donors (Lipinski definition) is 1. The smallest absolute Gasteiger partial charge is 0.301 e. The van der Waals surface area contributed by atoms with Crippen LogP contribution in [0.3, 0.4) is 0 Å². The van der Waals surface area contributed by atoms with Gasteiger partial charge in [0, 0.05) is 23.5 Å². The third kappa shape index (κ3) is 2.66. The molecule has 2 aromatic heterocycles. The van der Waals surface area contributed by atoms with Crippen LogP contribution in [0.15, 0.2) is 49.2 Å². The fourth-order valence-electron chi connectivity index (χ4n) is 2.36. The maximum absolute atomic E-state index is 13.2. The fraction of sp³-hybridized carbons (Fsp3) is 0.0588. The third-order valence-corrected chi connectivity index (χ3v) is 3.42. The fourth-order valence-corrected chi connectivity index (χ4v) is 2.36. The highest BCUT2D eigenvalue weighted by atomic mass is 19.1. The van der Waals surface area contributed by atoms with E-state index in [0.717, 1.165) is 16.8 Å². The summed E-state index contributed by atoms with van der Waals surface area (Å²) in [6.45, 7) is 3.80. The van der Waals surface area contributed by atoms with Gasteiger partial charge in [-0.25, -0.2) is 9.37 Å². The molecule has 23 heavy (non-hydrogen) atoms. The van der Waals surface area contributed by atoms with Crippen LogP contribution < -0.4 is 10.5 Å². The minimum absolute atomic E-state index is 0.306. The van der Waals surface area contributed by atoms with Crippen molar-refractivity contribution >= 4 is 12.0 Å². The van der Waals surface area contributed by atoms with Crippen molar-refractivity contribution in [2.24, 2.45) is 0 Å². The average molecular weight is 310 g/mol. The lowest BCUT2D eigenvalue weighted by Gasteiger charge is -2.07. The second kappa shape index (κ2) is 5.92. The van der Waals surface area contributed by atoms with Gasteiger partial charge in [0.1, 0.15) is 17.3 Å². The van der Waals surface area contributed by atoms with Crippen molar-refractivity contribution in [3.8, 4) is 28.5 Å². The van der Waals surface area contributed by atoms with Crippen LogP contribution in [0.4, 0.5) is 10.2 Å². The molecule has 0 saturated carbocycles. The monoisotopic (exact) mass is 310 g/mol. The topological polar surface area (TPSA) is 66.0 Å². The molecule has 2 heterocycles. The Morgan fingerprint density at radius 1 is 1.17 bits per heavy atom. The van der Waals surface area contributed by atoms with Gasteiger partial charge in [0.05, 0.1) is 12.8 Å². The number of benzene rings is 1. The number of methoxy groups -OCH3 is 1. The highest BCUT2D eigenvalue weighted by molar-refractivity contribution is 5.81. The predicted molar refractivity (Wildman–Crippen MR) is 88.2 cm³/mol. The van der Waals surface area contributed by atoms with Gasteiger partial charge in [-0.2, -0.15) is 4.98 Å². The maximum atomic E-state index is 13.2. The number of nitrogen functional groups attached to an aromatic ring is 1. The van der Waals surface area contributed by atoms with E-state index in [9.17, 15) is 4.39 Å². The van der Waals surface area contributed by atoms with E-state index in [1.807, 2.05) is 6.07 Å².